The molecule has 1 radical (unpaired) electrons. The fourth-order valence-corrected chi connectivity index (χ4v) is 0.604. The second-order valence-electron chi connectivity index (χ2n) is 1.75. The average molecular weight is 137 g/mol. The van der Waals surface area contributed by atoms with Gasteiger partial charge in [0.25, 0.3) is 0 Å². The van der Waals surface area contributed by atoms with E-state index in [0.717, 1.165) is 0 Å². The van der Waals surface area contributed by atoms with Crippen molar-refractivity contribution < 1.29 is 14.7 Å². The SMILES string of the molecule is O=C1NCC(C(=O)O)N1.[Li]. The molecular formula is C4H6LiN2O3. The number of carboxylic acids is 1. The van der Waals surface area contributed by atoms with Gasteiger partial charge in [0, 0.05) is 18.9 Å². The first-order valence-electron chi connectivity index (χ1n) is 2.47. The standard InChI is InChI=1S/C4H6N2O3.Li/c7-3(8)2-1-5-4(9)6-2;/h2H,1H2,(H,7,8)(H2,5,6,9);. The molecule has 1 fully saturated rings. The fraction of sp³-hybridized carbons (Fsp3) is 0.500. The second kappa shape index (κ2) is 3.49. The zero-order valence-electron chi connectivity index (χ0n) is 5.55. The molecule has 0 aromatic carbocycles. The van der Waals surface area contributed by atoms with Crippen LogP contribution in [0.4, 0.5) is 4.79 Å². The normalized spacial score (nSPS) is 22.4. The van der Waals surface area contributed by atoms with Gasteiger partial charge >= 0.3 is 12.0 Å². The van der Waals surface area contributed by atoms with Crippen molar-refractivity contribution in [2.45, 2.75) is 6.04 Å². The summed E-state index contributed by atoms with van der Waals surface area (Å²) in [5.74, 6) is -1.01. The number of nitrogens with one attached hydrogen (secondary N) is 2. The number of hydrogen-bond donors (Lipinski definition) is 3. The van der Waals surface area contributed by atoms with Gasteiger partial charge in [-0.2, -0.15) is 0 Å². The van der Waals surface area contributed by atoms with Gasteiger partial charge in [-0.3, -0.25) is 0 Å². The third-order valence-corrected chi connectivity index (χ3v) is 1.07. The average Bonchev–Trinajstić information content (AvgIpc) is 2.14. The van der Waals surface area contributed by atoms with Crippen molar-refractivity contribution in [1.82, 2.24) is 10.6 Å². The summed E-state index contributed by atoms with van der Waals surface area (Å²) in [6.45, 7) is 0.175. The van der Waals surface area contributed by atoms with Gasteiger partial charge in [0.2, 0.25) is 0 Å². The number of aliphatic carboxylic acids is 1. The molecule has 0 bridgehead atoms. The Bertz CT molecular complexity index is 161. The molecule has 10 heavy (non-hydrogen) atoms. The summed E-state index contributed by atoms with van der Waals surface area (Å²) in [5.41, 5.74) is 0. The second-order valence-corrected chi connectivity index (χ2v) is 1.75. The van der Waals surface area contributed by atoms with E-state index in [4.69, 9.17) is 5.11 Å². The molecule has 51 valence electrons. The first kappa shape index (κ1) is 9.34. The largest absolute Gasteiger partial charge is 0.480 e. The molecule has 3 N–H and O–H groups in total. The van der Waals surface area contributed by atoms with Gasteiger partial charge < -0.3 is 15.7 Å². The van der Waals surface area contributed by atoms with E-state index in [1.807, 2.05) is 0 Å². The van der Waals surface area contributed by atoms with E-state index < -0.39 is 18.0 Å². The molecule has 0 spiro atoms. The number of hydrogen-bond acceptors (Lipinski definition) is 2. The molecule has 1 saturated heterocycles. The molecule has 2 amide bonds. The van der Waals surface area contributed by atoms with Crippen LogP contribution in [-0.2, 0) is 4.79 Å². The van der Waals surface area contributed by atoms with Crippen molar-refractivity contribution in [3.8, 4) is 0 Å². The predicted molar refractivity (Wildman–Crippen MR) is 33.7 cm³/mol. The molecule has 0 aromatic heterocycles. The van der Waals surface area contributed by atoms with Crippen LogP contribution in [0.25, 0.3) is 0 Å². The molecule has 1 atom stereocenters. The van der Waals surface area contributed by atoms with Crippen molar-refractivity contribution in [2.75, 3.05) is 6.54 Å². The Morgan fingerprint density at radius 1 is 1.70 bits per heavy atom. The summed E-state index contributed by atoms with van der Waals surface area (Å²) >= 11 is 0. The minimum atomic E-state index is -1.01. The first-order valence-corrected chi connectivity index (χ1v) is 2.47. The molecule has 5 nitrogen and oxygen atoms in total. The van der Waals surface area contributed by atoms with Gasteiger partial charge in [-0.1, -0.05) is 0 Å². The maximum atomic E-state index is 10.3. The van der Waals surface area contributed by atoms with E-state index in [2.05, 4.69) is 10.6 Å². The molecule has 6 heteroatoms. The summed E-state index contributed by atoms with van der Waals surface area (Å²) in [6, 6.07) is -1.17. The van der Waals surface area contributed by atoms with Crippen molar-refractivity contribution in [2.24, 2.45) is 0 Å². The zero-order valence-corrected chi connectivity index (χ0v) is 5.55. The summed E-state index contributed by atoms with van der Waals surface area (Å²) in [5, 5.41) is 12.8. The van der Waals surface area contributed by atoms with Crippen LogP contribution >= 0.6 is 0 Å². The number of carbonyl (C=O) groups excluding carboxylic acids is 1. The predicted octanol–water partition coefficient (Wildman–Crippen LogP) is -1.63. The minimum Gasteiger partial charge on any atom is -0.480 e. The Morgan fingerprint density at radius 3 is 2.50 bits per heavy atom. The van der Waals surface area contributed by atoms with Crippen LogP contribution in [0.5, 0.6) is 0 Å². The van der Waals surface area contributed by atoms with Crippen LogP contribution in [0.1, 0.15) is 0 Å². The van der Waals surface area contributed by atoms with Gasteiger partial charge in [-0.15, -0.1) is 0 Å². The van der Waals surface area contributed by atoms with Crippen LogP contribution in [0, 0.1) is 0 Å². The number of carboxylic acid groups (broad SMARTS) is 1. The monoisotopic (exact) mass is 137 g/mol. The van der Waals surface area contributed by atoms with E-state index in [1.54, 1.807) is 0 Å². The maximum Gasteiger partial charge on any atom is 0.328 e. The molecule has 1 unspecified atom stereocenters. The number of carbonyl (C=O) groups is 2. The van der Waals surface area contributed by atoms with E-state index in [0.29, 0.717) is 0 Å². The van der Waals surface area contributed by atoms with E-state index in [9.17, 15) is 9.59 Å². The Kier molecular flexibility index (Phi) is 3.26. The molecule has 1 aliphatic heterocycles. The van der Waals surface area contributed by atoms with Gasteiger partial charge in [0.15, 0.2) is 0 Å². The maximum absolute atomic E-state index is 10.3. The van der Waals surface area contributed by atoms with E-state index >= 15 is 0 Å². The number of urea groups is 1. The topological polar surface area (TPSA) is 78.4 Å². The summed E-state index contributed by atoms with van der Waals surface area (Å²) < 4.78 is 0. The Hall–Kier alpha value is -0.663. The summed E-state index contributed by atoms with van der Waals surface area (Å²) in [6.07, 6.45) is 0. The van der Waals surface area contributed by atoms with Gasteiger partial charge in [0.1, 0.15) is 6.04 Å². The van der Waals surface area contributed by atoms with Crippen LogP contribution in [0.2, 0.25) is 0 Å². The molecule has 0 aromatic rings. The number of amides is 2. The zero-order chi connectivity index (χ0) is 6.85. The summed E-state index contributed by atoms with van der Waals surface area (Å²) in [4.78, 5) is 20.4. The van der Waals surface area contributed by atoms with Gasteiger partial charge in [-0.05, 0) is 0 Å². The minimum absolute atomic E-state index is 0. The van der Waals surface area contributed by atoms with Crippen molar-refractivity contribution in [1.29, 1.82) is 0 Å². The van der Waals surface area contributed by atoms with Crippen LogP contribution < -0.4 is 10.6 Å². The molecular weight excluding hydrogens is 131 g/mol. The molecule has 0 saturated carbocycles. The van der Waals surface area contributed by atoms with Crippen molar-refractivity contribution in [3.63, 3.8) is 0 Å². The molecule has 1 rings (SSSR count). The van der Waals surface area contributed by atoms with Crippen LogP contribution in [0.15, 0.2) is 0 Å². The van der Waals surface area contributed by atoms with E-state index in [-0.39, 0.29) is 25.4 Å². The Balaban J connectivity index is 0.000000810. The van der Waals surface area contributed by atoms with E-state index in [1.165, 1.54) is 0 Å². The third kappa shape index (κ3) is 1.94. The van der Waals surface area contributed by atoms with Crippen LogP contribution in [-0.4, -0.2) is 48.6 Å². The Morgan fingerprint density at radius 2 is 2.30 bits per heavy atom. The summed E-state index contributed by atoms with van der Waals surface area (Å²) in [7, 11) is 0. The Labute approximate surface area is 69.3 Å². The van der Waals surface area contributed by atoms with Crippen molar-refractivity contribution >= 4 is 30.9 Å². The van der Waals surface area contributed by atoms with Gasteiger partial charge in [-0.25, -0.2) is 9.59 Å². The molecule has 1 heterocycles. The third-order valence-electron chi connectivity index (χ3n) is 1.07. The molecule has 1 aliphatic rings. The smallest absolute Gasteiger partial charge is 0.328 e. The quantitative estimate of drug-likeness (QED) is 0.380. The fourth-order valence-electron chi connectivity index (χ4n) is 0.604. The first-order chi connectivity index (χ1) is 4.20. The van der Waals surface area contributed by atoms with Crippen LogP contribution in [0.3, 0.4) is 0 Å². The van der Waals surface area contributed by atoms with Gasteiger partial charge in [0.05, 0.1) is 6.54 Å². The van der Waals surface area contributed by atoms with Crippen molar-refractivity contribution in [3.05, 3.63) is 0 Å². The molecule has 0 aliphatic carbocycles. The number of rotatable bonds is 1.